The minimum Gasteiger partial charge on any atom is -0.496 e. The van der Waals surface area contributed by atoms with E-state index < -0.39 is 0 Å². The Morgan fingerprint density at radius 2 is 1.81 bits per heavy atom. The molecule has 4 nitrogen and oxygen atoms in total. The van der Waals surface area contributed by atoms with Gasteiger partial charge in [-0.3, -0.25) is 4.90 Å². The summed E-state index contributed by atoms with van der Waals surface area (Å²) < 4.78 is 10.8. The molecule has 1 saturated heterocycles. The van der Waals surface area contributed by atoms with E-state index in [1.165, 1.54) is 11.1 Å². The predicted octanol–water partition coefficient (Wildman–Crippen LogP) is 2.42. The average Bonchev–Trinajstić information content (AvgIpc) is 2.49. The molecule has 0 spiro atoms. The molecule has 1 unspecified atom stereocenters. The van der Waals surface area contributed by atoms with Crippen LogP contribution in [0.5, 0.6) is 5.75 Å². The van der Waals surface area contributed by atoms with Crippen molar-refractivity contribution in [3.05, 3.63) is 28.8 Å². The molecule has 0 amide bonds. The minimum atomic E-state index is -0.102. The van der Waals surface area contributed by atoms with E-state index >= 15 is 0 Å². The second-order valence-corrected chi connectivity index (χ2v) is 6.41. The summed E-state index contributed by atoms with van der Waals surface area (Å²) in [4.78, 5) is 2.43. The smallest absolute Gasteiger partial charge is 0.122 e. The Morgan fingerprint density at radius 3 is 2.38 bits per heavy atom. The van der Waals surface area contributed by atoms with Gasteiger partial charge in [-0.2, -0.15) is 0 Å². The maximum Gasteiger partial charge on any atom is 0.122 e. The van der Waals surface area contributed by atoms with Crippen molar-refractivity contribution in [3.63, 3.8) is 0 Å². The van der Waals surface area contributed by atoms with Crippen LogP contribution >= 0.6 is 0 Å². The summed E-state index contributed by atoms with van der Waals surface area (Å²) in [6.07, 6.45) is 0. The third-order valence-electron chi connectivity index (χ3n) is 4.71. The third-order valence-corrected chi connectivity index (χ3v) is 4.71. The Bertz CT molecular complexity index is 494. The number of aryl methyl sites for hydroxylation is 2. The molecule has 1 aliphatic rings. The molecule has 1 atom stereocenters. The van der Waals surface area contributed by atoms with Gasteiger partial charge in [-0.1, -0.05) is 6.07 Å². The van der Waals surface area contributed by atoms with Crippen LogP contribution in [0.2, 0.25) is 0 Å². The standard InChI is InChI=1S/C17H28N2O2/c1-12-11-15(20-5)13(2)10-14(12)16(18)17(3,4)19-6-8-21-9-7-19/h10-11,16H,6-9,18H2,1-5H3. The van der Waals surface area contributed by atoms with E-state index in [9.17, 15) is 0 Å². The maximum atomic E-state index is 6.64. The van der Waals surface area contributed by atoms with E-state index in [-0.39, 0.29) is 11.6 Å². The highest BCUT2D eigenvalue weighted by Crippen LogP contribution is 2.34. The first-order chi connectivity index (χ1) is 9.87. The van der Waals surface area contributed by atoms with Crippen molar-refractivity contribution in [1.29, 1.82) is 0 Å². The number of nitrogens with two attached hydrogens (primary N) is 1. The van der Waals surface area contributed by atoms with Crippen molar-refractivity contribution >= 4 is 0 Å². The highest BCUT2D eigenvalue weighted by molar-refractivity contribution is 5.43. The third kappa shape index (κ3) is 3.23. The number of methoxy groups -OCH3 is 1. The van der Waals surface area contributed by atoms with Gasteiger partial charge in [0.05, 0.1) is 20.3 Å². The zero-order valence-corrected chi connectivity index (χ0v) is 13.9. The van der Waals surface area contributed by atoms with Crippen LogP contribution in [-0.2, 0) is 4.74 Å². The largest absolute Gasteiger partial charge is 0.496 e. The summed E-state index contributed by atoms with van der Waals surface area (Å²) in [5.74, 6) is 0.924. The molecule has 2 rings (SSSR count). The number of hydrogen-bond donors (Lipinski definition) is 1. The highest BCUT2D eigenvalue weighted by Gasteiger charge is 2.35. The summed E-state index contributed by atoms with van der Waals surface area (Å²) in [5, 5.41) is 0. The molecule has 1 aliphatic heterocycles. The van der Waals surface area contributed by atoms with Gasteiger partial charge in [0.1, 0.15) is 5.75 Å². The van der Waals surface area contributed by atoms with Gasteiger partial charge in [0.15, 0.2) is 0 Å². The van der Waals surface area contributed by atoms with Gasteiger partial charge in [0, 0.05) is 24.7 Å². The lowest BCUT2D eigenvalue weighted by molar-refractivity contribution is -0.0191. The van der Waals surface area contributed by atoms with Gasteiger partial charge in [0.25, 0.3) is 0 Å². The van der Waals surface area contributed by atoms with Gasteiger partial charge >= 0.3 is 0 Å². The number of rotatable bonds is 4. The van der Waals surface area contributed by atoms with Crippen LogP contribution in [0.4, 0.5) is 0 Å². The summed E-state index contributed by atoms with van der Waals surface area (Å²) >= 11 is 0. The van der Waals surface area contributed by atoms with Gasteiger partial charge < -0.3 is 15.2 Å². The van der Waals surface area contributed by atoms with Crippen molar-refractivity contribution in [2.24, 2.45) is 5.73 Å². The molecular formula is C17H28N2O2. The van der Waals surface area contributed by atoms with Gasteiger partial charge in [-0.15, -0.1) is 0 Å². The Hall–Kier alpha value is -1.10. The fourth-order valence-corrected chi connectivity index (χ4v) is 3.08. The molecule has 0 aromatic heterocycles. The second kappa shape index (κ2) is 6.34. The molecule has 0 bridgehead atoms. The minimum absolute atomic E-state index is 0.0415. The number of morpholine rings is 1. The van der Waals surface area contributed by atoms with Crippen molar-refractivity contribution in [3.8, 4) is 5.75 Å². The molecule has 1 aromatic rings. The highest BCUT2D eigenvalue weighted by atomic mass is 16.5. The Morgan fingerprint density at radius 1 is 1.19 bits per heavy atom. The maximum absolute atomic E-state index is 6.64. The van der Waals surface area contributed by atoms with Crippen LogP contribution in [0.1, 0.15) is 36.6 Å². The predicted molar refractivity (Wildman–Crippen MR) is 85.9 cm³/mol. The lowest BCUT2D eigenvalue weighted by atomic mass is 9.84. The first-order valence-corrected chi connectivity index (χ1v) is 7.61. The van der Waals surface area contributed by atoms with Crippen LogP contribution in [-0.4, -0.2) is 43.9 Å². The summed E-state index contributed by atoms with van der Waals surface area (Å²) in [7, 11) is 1.71. The summed E-state index contributed by atoms with van der Waals surface area (Å²) in [5.41, 5.74) is 10.1. The molecule has 2 N–H and O–H groups in total. The Labute approximate surface area is 128 Å². The van der Waals surface area contributed by atoms with Crippen molar-refractivity contribution in [1.82, 2.24) is 4.90 Å². The second-order valence-electron chi connectivity index (χ2n) is 6.41. The Balaban J connectivity index is 2.29. The van der Waals surface area contributed by atoms with Gasteiger partial charge in [-0.25, -0.2) is 0 Å². The summed E-state index contributed by atoms with van der Waals surface area (Å²) in [6, 6.07) is 4.21. The normalized spacial score (nSPS) is 18.6. The van der Waals surface area contributed by atoms with Gasteiger partial charge in [0.2, 0.25) is 0 Å². The molecule has 1 heterocycles. The number of hydrogen-bond acceptors (Lipinski definition) is 4. The van der Waals surface area contributed by atoms with Crippen molar-refractivity contribution in [2.45, 2.75) is 39.3 Å². The van der Waals surface area contributed by atoms with Crippen molar-refractivity contribution < 1.29 is 9.47 Å². The molecule has 1 fully saturated rings. The summed E-state index contributed by atoms with van der Waals surface area (Å²) in [6.45, 7) is 12.1. The van der Waals surface area contributed by atoms with Gasteiger partial charge in [-0.05, 0) is 50.5 Å². The zero-order valence-electron chi connectivity index (χ0n) is 13.9. The molecule has 0 radical (unpaired) electrons. The van der Waals surface area contributed by atoms with Crippen LogP contribution in [0.3, 0.4) is 0 Å². The number of ether oxygens (including phenoxy) is 2. The van der Waals surface area contributed by atoms with E-state index in [1.54, 1.807) is 7.11 Å². The molecule has 1 aromatic carbocycles. The molecule has 118 valence electrons. The van der Waals surface area contributed by atoms with E-state index in [0.717, 1.165) is 37.6 Å². The van der Waals surface area contributed by atoms with Crippen LogP contribution in [0, 0.1) is 13.8 Å². The number of nitrogens with zero attached hydrogens (tertiary/aromatic N) is 1. The van der Waals surface area contributed by atoms with E-state index in [1.807, 2.05) is 0 Å². The topological polar surface area (TPSA) is 47.7 Å². The molecule has 0 saturated carbocycles. The van der Waals surface area contributed by atoms with Crippen LogP contribution in [0.25, 0.3) is 0 Å². The monoisotopic (exact) mass is 292 g/mol. The Kier molecular flexibility index (Phi) is 4.91. The lowest BCUT2D eigenvalue weighted by Gasteiger charge is -2.45. The van der Waals surface area contributed by atoms with E-state index in [0.29, 0.717) is 0 Å². The lowest BCUT2D eigenvalue weighted by Crippen LogP contribution is -2.55. The number of benzene rings is 1. The first kappa shape index (κ1) is 16.3. The van der Waals surface area contributed by atoms with Crippen molar-refractivity contribution in [2.75, 3.05) is 33.4 Å². The van der Waals surface area contributed by atoms with E-state index in [2.05, 4.69) is 44.7 Å². The molecule has 4 heteroatoms. The van der Waals surface area contributed by atoms with E-state index in [4.69, 9.17) is 15.2 Å². The molecule has 0 aliphatic carbocycles. The molecule has 21 heavy (non-hydrogen) atoms. The average molecular weight is 292 g/mol. The van der Waals surface area contributed by atoms with Crippen LogP contribution < -0.4 is 10.5 Å². The zero-order chi connectivity index (χ0) is 15.6. The SMILES string of the molecule is COc1cc(C)c(C(N)C(C)(C)N2CCOCC2)cc1C. The first-order valence-electron chi connectivity index (χ1n) is 7.61. The molecular weight excluding hydrogens is 264 g/mol. The fourth-order valence-electron chi connectivity index (χ4n) is 3.08. The quantitative estimate of drug-likeness (QED) is 0.926. The van der Waals surface area contributed by atoms with Crippen LogP contribution in [0.15, 0.2) is 12.1 Å². The fraction of sp³-hybridized carbons (Fsp3) is 0.647.